The fourth-order valence-corrected chi connectivity index (χ4v) is 1.81. The molecular formula is C14H17N3O2. The quantitative estimate of drug-likeness (QED) is 0.853. The molecule has 2 aromatic rings. The average Bonchev–Trinajstić information content (AvgIpc) is 2.43. The van der Waals surface area contributed by atoms with Gasteiger partial charge in [0.15, 0.2) is 0 Å². The number of anilines is 1. The number of para-hydroxylation sites is 1. The number of aromatic nitrogens is 2. The van der Waals surface area contributed by atoms with E-state index < -0.39 is 6.04 Å². The number of carbonyl (C=O) groups is 1. The summed E-state index contributed by atoms with van der Waals surface area (Å²) < 4.78 is 4.78. The van der Waals surface area contributed by atoms with E-state index in [9.17, 15) is 4.79 Å². The van der Waals surface area contributed by atoms with Gasteiger partial charge >= 0.3 is 5.97 Å². The van der Waals surface area contributed by atoms with Crippen LogP contribution < -0.4 is 5.32 Å². The first kappa shape index (κ1) is 13.3. The van der Waals surface area contributed by atoms with Crippen LogP contribution in [-0.4, -0.2) is 29.1 Å². The molecule has 1 aromatic heterocycles. The van der Waals surface area contributed by atoms with Crippen LogP contribution in [0.1, 0.15) is 13.8 Å². The molecule has 2 rings (SSSR count). The van der Waals surface area contributed by atoms with Gasteiger partial charge in [-0.2, -0.15) is 0 Å². The van der Waals surface area contributed by atoms with E-state index in [-0.39, 0.29) is 11.9 Å². The van der Waals surface area contributed by atoms with Crippen LogP contribution in [0.15, 0.2) is 30.5 Å². The lowest BCUT2D eigenvalue weighted by Gasteiger charge is -2.19. The highest BCUT2D eigenvalue weighted by atomic mass is 16.5. The van der Waals surface area contributed by atoms with Crippen molar-refractivity contribution < 1.29 is 9.53 Å². The van der Waals surface area contributed by atoms with Crippen molar-refractivity contribution in [2.45, 2.75) is 19.9 Å². The summed E-state index contributed by atoms with van der Waals surface area (Å²) in [7, 11) is 1.38. The third kappa shape index (κ3) is 2.99. The van der Waals surface area contributed by atoms with Crippen LogP contribution >= 0.6 is 0 Å². The van der Waals surface area contributed by atoms with Gasteiger partial charge in [-0.3, -0.25) is 0 Å². The Kier molecular flexibility index (Phi) is 3.94. The van der Waals surface area contributed by atoms with Crippen molar-refractivity contribution >= 4 is 22.8 Å². The summed E-state index contributed by atoms with van der Waals surface area (Å²) in [5, 5.41) is 3.99. The van der Waals surface area contributed by atoms with Crippen molar-refractivity contribution in [2.24, 2.45) is 5.92 Å². The Morgan fingerprint density at radius 1 is 1.32 bits per heavy atom. The number of hydrogen-bond donors (Lipinski definition) is 1. The largest absolute Gasteiger partial charge is 0.467 e. The molecule has 19 heavy (non-hydrogen) atoms. The first-order valence-corrected chi connectivity index (χ1v) is 6.18. The van der Waals surface area contributed by atoms with Crippen LogP contribution in [-0.2, 0) is 9.53 Å². The lowest BCUT2D eigenvalue weighted by atomic mass is 10.1. The van der Waals surface area contributed by atoms with Gasteiger partial charge in [0.2, 0.25) is 5.95 Å². The molecule has 1 unspecified atom stereocenters. The van der Waals surface area contributed by atoms with Crippen LogP contribution in [0, 0.1) is 5.92 Å². The molecule has 1 heterocycles. The normalized spacial score (nSPS) is 12.4. The summed E-state index contributed by atoms with van der Waals surface area (Å²) in [4.78, 5) is 20.3. The van der Waals surface area contributed by atoms with Gasteiger partial charge in [0.25, 0.3) is 0 Å². The summed E-state index contributed by atoms with van der Waals surface area (Å²) in [5.41, 5.74) is 0.840. The Labute approximate surface area is 112 Å². The maximum atomic E-state index is 11.7. The van der Waals surface area contributed by atoms with E-state index in [4.69, 9.17) is 4.74 Å². The third-order valence-corrected chi connectivity index (χ3v) is 2.90. The molecule has 100 valence electrons. The van der Waals surface area contributed by atoms with E-state index in [1.54, 1.807) is 6.20 Å². The van der Waals surface area contributed by atoms with Crippen molar-refractivity contribution in [3.05, 3.63) is 30.5 Å². The van der Waals surface area contributed by atoms with E-state index in [0.717, 1.165) is 10.9 Å². The summed E-state index contributed by atoms with van der Waals surface area (Å²) in [6.07, 6.45) is 1.74. The summed E-state index contributed by atoms with van der Waals surface area (Å²) in [5.74, 6) is 0.206. The van der Waals surface area contributed by atoms with Gasteiger partial charge in [-0.1, -0.05) is 32.0 Å². The number of nitrogens with one attached hydrogen (secondary N) is 1. The van der Waals surface area contributed by atoms with Crippen molar-refractivity contribution in [2.75, 3.05) is 12.4 Å². The van der Waals surface area contributed by atoms with Gasteiger partial charge in [-0.05, 0) is 12.0 Å². The number of ether oxygens (including phenoxy) is 1. The van der Waals surface area contributed by atoms with Gasteiger partial charge in [-0.15, -0.1) is 0 Å². The van der Waals surface area contributed by atoms with E-state index in [0.29, 0.717) is 5.95 Å². The van der Waals surface area contributed by atoms with Gasteiger partial charge in [-0.25, -0.2) is 14.8 Å². The van der Waals surface area contributed by atoms with Gasteiger partial charge in [0.1, 0.15) is 6.04 Å². The van der Waals surface area contributed by atoms with Crippen LogP contribution in [0.4, 0.5) is 5.95 Å². The lowest BCUT2D eigenvalue weighted by molar-refractivity contribution is -0.142. The number of hydrogen-bond acceptors (Lipinski definition) is 5. The minimum atomic E-state index is -0.453. The molecule has 1 aromatic carbocycles. The number of benzene rings is 1. The maximum Gasteiger partial charge on any atom is 0.328 e. The number of rotatable bonds is 4. The number of esters is 1. The molecule has 0 aliphatic carbocycles. The predicted octanol–water partition coefficient (Wildman–Crippen LogP) is 2.24. The fraction of sp³-hybridized carbons (Fsp3) is 0.357. The van der Waals surface area contributed by atoms with E-state index >= 15 is 0 Å². The zero-order chi connectivity index (χ0) is 13.8. The van der Waals surface area contributed by atoms with E-state index in [1.807, 2.05) is 38.1 Å². The molecule has 1 atom stereocenters. The molecule has 0 fully saturated rings. The fourth-order valence-electron chi connectivity index (χ4n) is 1.81. The predicted molar refractivity (Wildman–Crippen MR) is 73.8 cm³/mol. The number of methoxy groups -OCH3 is 1. The minimum absolute atomic E-state index is 0.0857. The van der Waals surface area contributed by atoms with Gasteiger partial charge in [0, 0.05) is 11.6 Å². The molecule has 1 N–H and O–H groups in total. The minimum Gasteiger partial charge on any atom is -0.467 e. The van der Waals surface area contributed by atoms with E-state index in [1.165, 1.54) is 7.11 Å². The standard InChI is InChI=1S/C14H17N3O2/c1-9(2)12(13(18)19-3)17-14-15-8-10-6-4-5-7-11(10)16-14/h4-9,12H,1-3H3,(H,15,16,17). The smallest absolute Gasteiger partial charge is 0.328 e. The first-order chi connectivity index (χ1) is 9.11. The van der Waals surface area contributed by atoms with Gasteiger partial charge < -0.3 is 10.1 Å². The summed E-state index contributed by atoms with van der Waals surface area (Å²) in [6, 6.07) is 7.25. The van der Waals surface area contributed by atoms with Gasteiger partial charge in [0.05, 0.1) is 12.6 Å². The highest BCUT2D eigenvalue weighted by Gasteiger charge is 2.23. The maximum absolute atomic E-state index is 11.7. The molecular weight excluding hydrogens is 242 g/mol. The first-order valence-electron chi connectivity index (χ1n) is 6.18. The SMILES string of the molecule is COC(=O)C(Nc1ncc2ccccc2n1)C(C)C. The van der Waals surface area contributed by atoms with Crippen LogP contribution in [0.3, 0.4) is 0 Å². The lowest BCUT2D eigenvalue weighted by Crippen LogP contribution is -2.36. The molecule has 0 amide bonds. The molecule has 0 aliphatic heterocycles. The Morgan fingerprint density at radius 3 is 2.74 bits per heavy atom. The van der Waals surface area contributed by atoms with Crippen LogP contribution in [0.5, 0.6) is 0 Å². The van der Waals surface area contributed by atoms with Crippen molar-refractivity contribution in [1.29, 1.82) is 0 Å². The summed E-state index contributed by atoms with van der Waals surface area (Å²) >= 11 is 0. The number of carbonyl (C=O) groups excluding carboxylic acids is 1. The zero-order valence-electron chi connectivity index (χ0n) is 11.3. The summed E-state index contributed by atoms with van der Waals surface area (Å²) in [6.45, 7) is 3.88. The highest BCUT2D eigenvalue weighted by Crippen LogP contribution is 2.14. The second kappa shape index (κ2) is 5.65. The Balaban J connectivity index is 2.26. The average molecular weight is 259 g/mol. The molecule has 5 heteroatoms. The highest BCUT2D eigenvalue weighted by molar-refractivity contribution is 5.81. The molecule has 0 bridgehead atoms. The molecule has 0 saturated heterocycles. The second-order valence-corrected chi connectivity index (χ2v) is 4.64. The van der Waals surface area contributed by atoms with Crippen molar-refractivity contribution in [1.82, 2.24) is 9.97 Å². The van der Waals surface area contributed by atoms with Crippen molar-refractivity contribution in [3.8, 4) is 0 Å². The molecule has 5 nitrogen and oxygen atoms in total. The molecule has 0 saturated carbocycles. The van der Waals surface area contributed by atoms with Crippen LogP contribution in [0.25, 0.3) is 10.9 Å². The molecule has 0 aliphatic rings. The number of fused-ring (bicyclic) bond motifs is 1. The second-order valence-electron chi connectivity index (χ2n) is 4.64. The third-order valence-electron chi connectivity index (χ3n) is 2.90. The molecule has 0 spiro atoms. The van der Waals surface area contributed by atoms with Crippen LogP contribution in [0.2, 0.25) is 0 Å². The zero-order valence-corrected chi connectivity index (χ0v) is 11.3. The topological polar surface area (TPSA) is 64.1 Å². The molecule has 0 radical (unpaired) electrons. The Morgan fingerprint density at radius 2 is 2.05 bits per heavy atom. The Bertz CT molecular complexity index is 584. The monoisotopic (exact) mass is 259 g/mol. The van der Waals surface area contributed by atoms with E-state index in [2.05, 4.69) is 15.3 Å². The van der Waals surface area contributed by atoms with Crippen molar-refractivity contribution in [3.63, 3.8) is 0 Å². The Hall–Kier alpha value is -2.17. The number of nitrogens with zero attached hydrogens (tertiary/aromatic N) is 2.